The first-order valence-electron chi connectivity index (χ1n) is 11.1. The van der Waals surface area contributed by atoms with Crippen LogP contribution in [0.1, 0.15) is 24.8 Å². The Balaban J connectivity index is 2.78. The maximum absolute atomic E-state index is 12.9. The zero-order valence-corrected chi connectivity index (χ0v) is 20.6. The van der Waals surface area contributed by atoms with Crippen molar-refractivity contribution in [2.24, 2.45) is 22.2 Å². The molecule has 3 unspecified atom stereocenters. The van der Waals surface area contributed by atoms with Gasteiger partial charge in [-0.3, -0.25) is 19.4 Å². The van der Waals surface area contributed by atoms with Gasteiger partial charge in [-0.25, -0.2) is 4.79 Å². The van der Waals surface area contributed by atoms with Crippen LogP contribution in [-0.4, -0.2) is 78.0 Å². The van der Waals surface area contributed by atoms with E-state index in [1.165, 1.54) is 0 Å². The second-order valence-electron chi connectivity index (χ2n) is 7.76. The number of nitrogens with two attached hydrogens (primary N) is 3. The van der Waals surface area contributed by atoms with E-state index in [1.54, 1.807) is 42.1 Å². The number of thioether (sulfide) groups is 1. The van der Waals surface area contributed by atoms with Gasteiger partial charge in [0.25, 0.3) is 0 Å². The van der Waals surface area contributed by atoms with Crippen LogP contribution in [0.4, 0.5) is 0 Å². The van der Waals surface area contributed by atoms with Gasteiger partial charge in [0.2, 0.25) is 17.7 Å². The fourth-order valence-corrected chi connectivity index (χ4v) is 3.50. The molecule has 0 aromatic heterocycles. The lowest BCUT2D eigenvalue weighted by atomic mass is 10.0. The van der Waals surface area contributed by atoms with Crippen LogP contribution in [0.3, 0.4) is 0 Å². The quantitative estimate of drug-likeness (QED) is 0.0785. The maximum Gasteiger partial charge on any atom is 0.326 e. The van der Waals surface area contributed by atoms with Crippen molar-refractivity contribution in [3.05, 3.63) is 35.9 Å². The molecular weight excluding hydrogens is 474 g/mol. The van der Waals surface area contributed by atoms with Crippen LogP contribution in [0.15, 0.2) is 35.3 Å². The van der Waals surface area contributed by atoms with Gasteiger partial charge in [0.05, 0.1) is 12.6 Å². The zero-order valence-electron chi connectivity index (χ0n) is 19.7. The molecule has 1 aromatic carbocycles. The van der Waals surface area contributed by atoms with Gasteiger partial charge in [-0.15, -0.1) is 0 Å². The largest absolute Gasteiger partial charge is 0.480 e. The number of rotatable bonds is 16. The Hall–Kier alpha value is -3.32. The number of hydrogen-bond acceptors (Lipinski definition) is 7. The van der Waals surface area contributed by atoms with Gasteiger partial charge in [-0.1, -0.05) is 30.3 Å². The number of carboxylic acids is 1. The van der Waals surface area contributed by atoms with Gasteiger partial charge in [0.1, 0.15) is 12.1 Å². The summed E-state index contributed by atoms with van der Waals surface area (Å²) in [5.41, 5.74) is 17.1. The Morgan fingerprint density at radius 2 is 1.71 bits per heavy atom. The number of carbonyl (C=O) groups is 4. The van der Waals surface area contributed by atoms with Crippen molar-refractivity contribution < 1.29 is 24.3 Å². The molecule has 10 N–H and O–H groups in total. The maximum atomic E-state index is 12.9. The predicted octanol–water partition coefficient (Wildman–Crippen LogP) is -1.47. The van der Waals surface area contributed by atoms with E-state index in [0.29, 0.717) is 18.6 Å². The number of nitrogens with one attached hydrogen (secondary N) is 3. The van der Waals surface area contributed by atoms with E-state index in [0.717, 1.165) is 5.56 Å². The third kappa shape index (κ3) is 12.6. The first-order chi connectivity index (χ1) is 16.6. The summed E-state index contributed by atoms with van der Waals surface area (Å²) in [6.07, 6.45) is 2.92. The van der Waals surface area contributed by atoms with Crippen LogP contribution in [0.5, 0.6) is 0 Å². The summed E-state index contributed by atoms with van der Waals surface area (Å²) in [5.74, 6) is -2.38. The highest BCUT2D eigenvalue weighted by molar-refractivity contribution is 7.98. The highest BCUT2D eigenvalue weighted by Crippen LogP contribution is 2.06. The molecule has 0 spiro atoms. The van der Waals surface area contributed by atoms with Gasteiger partial charge in [-0.05, 0) is 36.8 Å². The molecule has 0 aliphatic rings. The van der Waals surface area contributed by atoms with E-state index in [9.17, 15) is 24.3 Å². The number of aliphatic carboxylic acids is 1. The second-order valence-corrected chi connectivity index (χ2v) is 8.75. The molecule has 194 valence electrons. The van der Waals surface area contributed by atoms with Crippen LogP contribution >= 0.6 is 11.8 Å². The van der Waals surface area contributed by atoms with E-state index < -0.39 is 41.8 Å². The van der Waals surface area contributed by atoms with Crippen LogP contribution in [-0.2, 0) is 25.6 Å². The summed E-state index contributed by atoms with van der Waals surface area (Å²) in [6, 6.07) is 5.84. The lowest BCUT2D eigenvalue weighted by molar-refractivity contribution is -0.142. The number of aliphatic imine (C=N–C) groups is 1. The third-order valence-electron chi connectivity index (χ3n) is 4.89. The average Bonchev–Trinajstić information content (AvgIpc) is 2.82. The van der Waals surface area contributed by atoms with Crippen molar-refractivity contribution in [3.63, 3.8) is 0 Å². The highest BCUT2D eigenvalue weighted by Gasteiger charge is 2.27. The minimum Gasteiger partial charge on any atom is -0.480 e. The van der Waals surface area contributed by atoms with Crippen molar-refractivity contribution in [2.45, 2.75) is 43.8 Å². The molecular formula is C22H35N7O5S. The van der Waals surface area contributed by atoms with Gasteiger partial charge < -0.3 is 38.3 Å². The molecule has 3 amide bonds. The highest BCUT2D eigenvalue weighted by atomic mass is 32.2. The molecule has 12 nitrogen and oxygen atoms in total. The van der Waals surface area contributed by atoms with E-state index >= 15 is 0 Å². The summed E-state index contributed by atoms with van der Waals surface area (Å²) in [6.45, 7) is -0.161. The Morgan fingerprint density at radius 3 is 2.31 bits per heavy atom. The van der Waals surface area contributed by atoms with Gasteiger partial charge >= 0.3 is 5.97 Å². The Bertz CT molecular complexity index is 865. The molecule has 0 saturated heterocycles. The van der Waals surface area contributed by atoms with Gasteiger partial charge in [0, 0.05) is 13.0 Å². The summed E-state index contributed by atoms with van der Waals surface area (Å²) in [7, 11) is 0. The minimum atomic E-state index is -1.21. The van der Waals surface area contributed by atoms with Crippen LogP contribution in [0.2, 0.25) is 0 Å². The third-order valence-corrected chi connectivity index (χ3v) is 5.53. The SMILES string of the molecule is CSCCC(N)C(=O)NCC(=O)NC(CCCN=C(N)N)C(=O)NC(Cc1ccccc1)C(=O)O. The predicted molar refractivity (Wildman–Crippen MR) is 136 cm³/mol. The molecule has 0 bridgehead atoms. The molecule has 0 aliphatic heterocycles. The van der Waals surface area contributed by atoms with Crippen LogP contribution in [0.25, 0.3) is 0 Å². The summed E-state index contributed by atoms with van der Waals surface area (Å²) >= 11 is 1.55. The van der Waals surface area contributed by atoms with Crippen molar-refractivity contribution in [1.82, 2.24) is 16.0 Å². The standard InChI is InChI=1S/C22H35N7O5S/c1-35-11-9-15(23)19(31)27-13-18(30)28-16(8-5-10-26-22(24)25)20(32)29-17(21(33)34)12-14-6-3-2-4-7-14/h2-4,6-7,15-17H,5,8-13,23H2,1H3,(H,27,31)(H,28,30)(H,29,32)(H,33,34)(H4,24,25,26). The number of benzene rings is 1. The van der Waals surface area contributed by atoms with Crippen molar-refractivity contribution in [3.8, 4) is 0 Å². The Kier molecular flexibility index (Phi) is 13.9. The molecule has 35 heavy (non-hydrogen) atoms. The van der Waals surface area contributed by atoms with Crippen LogP contribution in [0, 0.1) is 0 Å². The van der Waals surface area contributed by atoms with E-state index in [1.807, 2.05) is 6.26 Å². The lowest BCUT2D eigenvalue weighted by Crippen LogP contribution is -2.54. The summed E-state index contributed by atoms with van der Waals surface area (Å²) in [5, 5.41) is 17.0. The van der Waals surface area contributed by atoms with Crippen molar-refractivity contribution in [2.75, 3.05) is 25.1 Å². The minimum absolute atomic E-state index is 0.0700. The average molecular weight is 510 g/mol. The molecule has 1 aromatic rings. The number of carboxylic acid groups (broad SMARTS) is 1. The van der Waals surface area contributed by atoms with E-state index in [4.69, 9.17) is 17.2 Å². The smallest absolute Gasteiger partial charge is 0.326 e. The summed E-state index contributed by atoms with van der Waals surface area (Å²) < 4.78 is 0. The zero-order chi connectivity index (χ0) is 26.2. The molecule has 0 radical (unpaired) electrons. The first kappa shape index (κ1) is 29.7. The summed E-state index contributed by atoms with van der Waals surface area (Å²) in [4.78, 5) is 52.9. The molecule has 0 aliphatic carbocycles. The number of carbonyl (C=O) groups excluding carboxylic acids is 3. The van der Waals surface area contributed by atoms with E-state index in [2.05, 4.69) is 20.9 Å². The second kappa shape index (κ2) is 16.3. The van der Waals surface area contributed by atoms with Gasteiger partial charge in [0.15, 0.2) is 5.96 Å². The molecule has 0 saturated carbocycles. The van der Waals surface area contributed by atoms with Crippen molar-refractivity contribution in [1.29, 1.82) is 0 Å². The number of amides is 3. The normalized spacial score (nSPS) is 13.1. The monoisotopic (exact) mass is 509 g/mol. The Morgan fingerprint density at radius 1 is 1.03 bits per heavy atom. The fourth-order valence-electron chi connectivity index (χ4n) is 3.01. The molecule has 0 heterocycles. The first-order valence-corrected chi connectivity index (χ1v) is 12.5. The molecule has 0 fully saturated rings. The number of guanidine groups is 1. The van der Waals surface area contributed by atoms with Crippen molar-refractivity contribution >= 4 is 41.4 Å². The molecule has 13 heteroatoms. The lowest BCUT2D eigenvalue weighted by Gasteiger charge is -2.22. The van der Waals surface area contributed by atoms with Crippen LogP contribution < -0.4 is 33.2 Å². The number of hydrogen-bond donors (Lipinski definition) is 7. The topological polar surface area (TPSA) is 215 Å². The number of nitrogens with zero attached hydrogens (tertiary/aromatic N) is 1. The van der Waals surface area contributed by atoms with E-state index in [-0.39, 0.29) is 31.9 Å². The fraction of sp³-hybridized carbons (Fsp3) is 0.500. The van der Waals surface area contributed by atoms with Gasteiger partial charge in [-0.2, -0.15) is 11.8 Å². The molecule has 3 atom stereocenters. The Labute approximate surface area is 208 Å². The molecule has 1 rings (SSSR count).